The summed E-state index contributed by atoms with van der Waals surface area (Å²) in [6, 6.07) is 53.9. The maximum absolute atomic E-state index is 12.9. The van der Waals surface area contributed by atoms with Crippen molar-refractivity contribution in [3.8, 4) is 44.9 Å². The number of hydrogen-bond donors (Lipinski definition) is 4. The highest BCUT2D eigenvalue weighted by atomic mass is 32.2. The van der Waals surface area contributed by atoms with Crippen LogP contribution < -0.4 is 31.3 Å². The van der Waals surface area contributed by atoms with Crippen LogP contribution in [0.25, 0.3) is 66.8 Å². The molecule has 0 bridgehead atoms. The van der Waals surface area contributed by atoms with Crippen molar-refractivity contribution in [2.75, 3.05) is 10.6 Å². The van der Waals surface area contributed by atoms with Crippen LogP contribution in [-0.2, 0) is 25.7 Å². The largest absolute Gasteiger partial charge is 0.744 e. The van der Waals surface area contributed by atoms with E-state index < -0.39 is 20.2 Å². The molecule has 12 nitrogen and oxygen atoms in total. The molecule has 464 valence electrons. The summed E-state index contributed by atoms with van der Waals surface area (Å²) >= 11 is 0. The van der Waals surface area contributed by atoms with Crippen molar-refractivity contribution < 1.29 is 44.8 Å². The Balaban J connectivity index is 0.853. The topological polar surface area (TPSA) is 193 Å². The zero-order valence-electron chi connectivity index (χ0n) is 53.3. The van der Waals surface area contributed by atoms with Crippen molar-refractivity contribution in [2.45, 2.75) is 117 Å². The van der Waals surface area contributed by atoms with Gasteiger partial charge in [0.05, 0.1) is 21.9 Å². The predicted molar refractivity (Wildman–Crippen MR) is 364 cm³/mol. The molecule has 92 heavy (non-hydrogen) atoms. The second-order valence-corrected chi connectivity index (χ2v) is 28.1. The quantitative estimate of drug-likeness (QED) is 0.0676. The summed E-state index contributed by atoms with van der Waals surface area (Å²) < 4.78 is 90.7. The second kappa shape index (κ2) is 23.7. The first-order valence-electron chi connectivity index (χ1n) is 31.2. The molecule has 0 unspecified atom stereocenters. The van der Waals surface area contributed by atoms with E-state index in [-0.39, 0.29) is 15.2 Å². The molecule has 2 heterocycles. The van der Waals surface area contributed by atoms with E-state index in [1.165, 1.54) is 34.4 Å². The second-order valence-electron chi connectivity index (χ2n) is 25.4. The zero-order valence-corrected chi connectivity index (χ0v) is 54.9. The molecule has 1 fully saturated rings. The minimum Gasteiger partial charge on any atom is -0.744 e. The standard InChI is InChI=1S/C78H72N4O8S2/c1-44-32-46(3)74(47(4)33-44)79-56-22-26-60-66(40-56)89-68-42-58(24-28-62(68)72(60)64-18-12-14-20-70(64)91(83,84)85)81-76-50(7)36-54(37-51(76)8)78(30-16-11-17-31-78)55-38-52(9)77(53(10)39-55)82-59-25-29-63-69(43-59)90-67-41-57(80-75-48(5)34-45(2)35-49(75)6)23-27-61(67)73(63)65-19-13-15-21-71(65)92(86,87)88/h12-15,18-29,32-43,81-82H,11,16-17,30-31H2,1-10H3,(H,83,84,85)(H,86,87,88). The molecule has 8 aromatic carbocycles. The van der Waals surface area contributed by atoms with Crippen molar-refractivity contribution >= 4 is 76.3 Å². The number of anilines is 4. The number of rotatable bonds is 12. The molecule has 0 atom stereocenters. The molecule has 5 aliphatic rings. The first-order chi connectivity index (χ1) is 43.9. The molecule has 14 heteroatoms. The molecule has 2 aliphatic heterocycles. The normalized spacial score (nSPS) is 14.0. The Morgan fingerprint density at radius 2 is 0.772 bits per heavy atom. The lowest BCUT2D eigenvalue weighted by atomic mass is 9.64. The van der Waals surface area contributed by atoms with E-state index in [0.717, 1.165) is 121 Å². The van der Waals surface area contributed by atoms with Crippen molar-refractivity contribution in [1.29, 1.82) is 0 Å². The minimum atomic E-state index is -4.86. The lowest BCUT2D eigenvalue weighted by molar-refractivity contribution is -0.404. The highest BCUT2D eigenvalue weighted by molar-refractivity contribution is 7.86. The average molecular weight is 1260 g/mol. The van der Waals surface area contributed by atoms with Crippen LogP contribution in [0, 0.1) is 69.2 Å². The molecular weight excluding hydrogens is 1190 g/mol. The van der Waals surface area contributed by atoms with Gasteiger partial charge in [-0.1, -0.05) is 91.1 Å². The fourth-order valence-electron chi connectivity index (χ4n) is 14.6. The summed E-state index contributed by atoms with van der Waals surface area (Å²) in [5.41, 5.74) is 23.0. The van der Waals surface area contributed by atoms with Gasteiger partial charge in [0.1, 0.15) is 42.9 Å². The Morgan fingerprint density at radius 1 is 0.402 bits per heavy atom. The fourth-order valence-corrected chi connectivity index (χ4v) is 15.9. The van der Waals surface area contributed by atoms with Crippen molar-refractivity contribution in [1.82, 2.24) is 0 Å². The number of aryl methyl sites for hydroxylation is 10. The van der Waals surface area contributed by atoms with Crippen LogP contribution in [0.2, 0.25) is 0 Å². The molecule has 4 N–H and O–H groups in total. The molecule has 0 radical (unpaired) electrons. The highest BCUT2D eigenvalue weighted by Gasteiger charge is 2.37. The first kappa shape index (κ1) is 61.4. The van der Waals surface area contributed by atoms with Gasteiger partial charge in [0.15, 0.2) is 0 Å². The van der Waals surface area contributed by atoms with Gasteiger partial charge in [0.25, 0.3) is 0 Å². The molecule has 13 rings (SSSR count). The van der Waals surface area contributed by atoms with E-state index in [1.54, 1.807) is 36.4 Å². The van der Waals surface area contributed by atoms with Crippen LogP contribution in [-0.4, -0.2) is 25.9 Å². The molecule has 8 aromatic rings. The lowest BCUT2D eigenvalue weighted by Crippen LogP contribution is -2.71. The molecular formula is C78H72N4O8S2. The van der Waals surface area contributed by atoms with Gasteiger partial charge in [-0.05, 0) is 188 Å². The Labute approximate surface area is 537 Å². The fraction of sp³-hybridized carbons (Fsp3) is 0.205. The van der Waals surface area contributed by atoms with E-state index in [0.29, 0.717) is 66.8 Å². The lowest BCUT2D eigenvalue weighted by Gasteiger charge is -2.40. The smallest absolute Gasteiger partial charge is 0.209 e. The van der Waals surface area contributed by atoms with Crippen LogP contribution in [0.1, 0.15) is 98.9 Å². The number of hydrogen-bond acceptors (Lipinski definition) is 10. The van der Waals surface area contributed by atoms with Crippen LogP contribution in [0.5, 0.6) is 0 Å². The number of nitrogens with one attached hydrogen (secondary N) is 4. The Bertz CT molecular complexity index is 4930. The van der Waals surface area contributed by atoms with Gasteiger partial charge < -0.3 is 28.6 Å². The molecule has 0 aromatic heterocycles. The van der Waals surface area contributed by atoms with E-state index in [2.05, 4.69) is 138 Å². The molecule has 0 amide bonds. The summed E-state index contributed by atoms with van der Waals surface area (Å²) in [6.07, 6.45) is 5.33. The number of benzene rings is 10. The van der Waals surface area contributed by atoms with Gasteiger partial charge >= 0.3 is 0 Å². The third kappa shape index (κ3) is 11.5. The van der Waals surface area contributed by atoms with E-state index >= 15 is 0 Å². The summed E-state index contributed by atoms with van der Waals surface area (Å²) in [5.74, 6) is 1.03. The Kier molecular flexibility index (Phi) is 15.8. The molecule has 0 saturated heterocycles. The van der Waals surface area contributed by atoms with Crippen LogP contribution >= 0.6 is 0 Å². The Hall–Kier alpha value is -9.44. The summed E-state index contributed by atoms with van der Waals surface area (Å²) in [6.45, 7) is 21.1. The number of fused-ring (bicyclic) bond motifs is 4. The van der Waals surface area contributed by atoms with E-state index in [4.69, 9.17) is 8.83 Å². The first-order valence-corrected chi connectivity index (χ1v) is 34.0. The summed E-state index contributed by atoms with van der Waals surface area (Å²) in [7, 11) is -9.71. The average Bonchev–Trinajstić information content (AvgIpc) is 0.761. The zero-order chi connectivity index (χ0) is 64.7. The highest BCUT2D eigenvalue weighted by Crippen LogP contribution is 2.50. The van der Waals surface area contributed by atoms with Gasteiger partial charge in [-0.25, -0.2) is 26.8 Å². The molecule has 1 saturated carbocycles. The minimum absolute atomic E-state index is 0.254. The van der Waals surface area contributed by atoms with Crippen molar-refractivity contribution in [3.05, 3.63) is 247 Å². The van der Waals surface area contributed by atoms with Gasteiger partial charge in [-0.15, -0.1) is 0 Å². The summed E-state index contributed by atoms with van der Waals surface area (Å²) in [4.78, 5) is 6.60. The van der Waals surface area contributed by atoms with Crippen LogP contribution in [0.4, 0.5) is 34.1 Å². The van der Waals surface area contributed by atoms with Gasteiger partial charge in [0, 0.05) is 119 Å². The maximum atomic E-state index is 12.9. The van der Waals surface area contributed by atoms with Crippen LogP contribution in [0.15, 0.2) is 188 Å². The monoisotopic (exact) mass is 1260 g/mol. The molecule has 0 spiro atoms. The SMILES string of the molecule is Cc1cc(C)c([NH+]=c2ccc3c(-c4ccccc4S(=O)(=O)[O-])c4ccc(Nc5c(C)cc(C6(c7cc(C)c(Nc8ccc9c(-c%10ccccc%10S(=O)(=O)[O-])c%10ccc(=[NH+]c%11c(C)cc(C)cc%11C)cc-%10oc9c8)c(C)c7)CCCCC6)cc5C)cc4oc-3c2)c(C)c1. The summed E-state index contributed by atoms with van der Waals surface area (Å²) in [5, 5.41) is 10.4. The Morgan fingerprint density at radius 3 is 1.14 bits per heavy atom. The molecule has 3 aliphatic carbocycles. The van der Waals surface area contributed by atoms with Crippen molar-refractivity contribution in [3.63, 3.8) is 0 Å². The van der Waals surface area contributed by atoms with Gasteiger partial charge in [0.2, 0.25) is 22.1 Å². The van der Waals surface area contributed by atoms with E-state index in [9.17, 15) is 25.9 Å². The predicted octanol–water partition coefficient (Wildman–Crippen LogP) is 15.0. The van der Waals surface area contributed by atoms with Crippen LogP contribution in [0.3, 0.4) is 0 Å². The maximum Gasteiger partial charge on any atom is 0.209 e. The third-order valence-corrected chi connectivity index (χ3v) is 20.4. The van der Waals surface area contributed by atoms with Gasteiger partial charge in [-0.2, -0.15) is 0 Å². The van der Waals surface area contributed by atoms with Crippen molar-refractivity contribution in [2.24, 2.45) is 0 Å². The van der Waals surface area contributed by atoms with Gasteiger partial charge in [-0.3, -0.25) is 0 Å². The van der Waals surface area contributed by atoms with E-state index in [1.807, 2.05) is 72.8 Å². The third-order valence-electron chi connectivity index (χ3n) is 18.6.